The first-order valence-electron chi connectivity index (χ1n) is 10.0. The van der Waals surface area contributed by atoms with Crippen LogP contribution in [0.2, 0.25) is 0 Å². The molecule has 2 bridgehead atoms. The molecule has 4 aliphatic heterocycles. The third-order valence-electron chi connectivity index (χ3n) is 6.43. The highest BCUT2D eigenvalue weighted by Gasteiger charge is 2.69. The number of aliphatic hydroxyl groups excluding tert-OH is 2. The summed E-state index contributed by atoms with van der Waals surface area (Å²) in [4.78, 5) is 30.8. The van der Waals surface area contributed by atoms with Crippen molar-refractivity contribution < 1.29 is 44.3 Å². The number of phenols is 1. The maximum Gasteiger partial charge on any atom is 0.272 e. The normalized spacial score (nSPS) is 39.4. The van der Waals surface area contributed by atoms with Gasteiger partial charge in [-0.05, 0) is 6.07 Å². The van der Waals surface area contributed by atoms with Crippen LogP contribution in [0.4, 0.5) is 0 Å². The molecule has 33 heavy (non-hydrogen) atoms. The number of carbonyl (C=O) groups excluding carboxylic acids is 2. The quantitative estimate of drug-likeness (QED) is 0.273. The van der Waals surface area contributed by atoms with Crippen molar-refractivity contribution in [2.75, 3.05) is 14.2 Å². The summed E-state index contributed by atoms with van der Waals surface area (Å²) in [7, 11) is 4.93. The Bertz CT molecular complexity index is 1050. The summed E-state index contributed by atoms with van der Waals surface area (Å²) in [5, 5.41) is 45.7. The van der Waals surface area contributed by atoms with Gasteiger partial charge in [-0.1, -0.05) is 39.8 Å². The summed E-state index contributed by atoms with van der Waals surface area (Å²) >= 11 is 0. The Morgan fingerprint density at radius 3 is 2.67 bits per heavy atom. The van der Waals surface area contributed by atoms with E-state index in [0.717, 1.165) is 26.7 Å². The predicted molar refractivity (Wildman–Crippen MR) is 116 cm³/mol. The number of nitrogens with one attached hydrogen (secondary N) is 1. The van der Waals surface area contributed by atoms with E-state index in [9.17, 15) is 30.0 Å². The Balaban J connectivity index is 1.58. The standard InChI is InChI=1S/C20H22N2O9S2/c1-29-10-5-3-8(13(25)14(10)30-2)15-12-17(26)22-20(33-32-15,18(27)21-12)7-19(28)11(24)6-4-9(23)16(19)31-22/h3-6,9,11-12,15-16,23-25,28H,7H2,1-2H3,(H,21,27)/t9-,11-,12-,15?,16+,19+,20-/m1/s1. The summed E-state index contributed by atoms with van der Waals surface area (Å²) in [5.41, 5.74) is -1.67. The Morgan fingerprint density at radius 2 is 1.97 bits per heavy atom. The Morgan fingerprint density at radius 1 is 1.21 bits per heavy atom. The lowest BCUT2D eigenvalue weighted by Gasteiger charge is -2.56. The zero-order valence-electron chi connectivity index (χ0n) is 17.5. The SMILES string of the molecule is COc1ccc(C2SS[C@@]34C[C@]5(O)[C@H](O)C=C[C@@H](O)[C@@H]5ON3C(=O)[C@@H]2NC4=O)c(O)c1OC. The Labute approximate surface area is 196 Å². The van der Waals surface area contributed by atoms with E-state index < -0.39 is 51.9 Å². The third kappa shape index (κ3) is 3.00. The van der Waals surface area contributed by atoms with Gasteiger partial charge in [-0.3, -0.25) is 14.4 Å². The summed E-state index contributed by atoms with van der Waals surface area (Å²) in [6, 6.07) is 2.05. The van der Waals surface area contributed by atoms with Crippen molar-refractivity contribution in [2.45, 2.75) is 46.5 Å². The number of fused-ring (bicyclic) bond motifs is 4. The number of carbonyl (C=O) groups is 2. The molecule has 1 aliphatic carbocycles. The zero-order valence-corrected chi connectivity index (χ0v) is 19.1. The highest BCUT2D eigenvalue weighted by Crippen LogP contribution is 2.61. The summed E-state index contributed by atoms with van der Waals surface area (Å²) < 4.78 is 10.5. The van der Waals surface area contributed by atoms with Gasteiger partial charge in [-0.15, -0.1) is 0 Å². The van der Waals surface area contributed by atoms with Crippen molar-refractivity contribution in [2.24, 2.45) is 0 Å². The number of nitrogens with zero attached hydrogens (tertiary/aromatic N) is 1. The van der Waals surface area contributed by atoms with Crippen LogP contribution in [0.5, 0.6) is 17.2 Å². The molecule has 5 N–H and O–H groups in total. The lowest BCUT2D eigenvalue weighted by molar-refractivity contribution is -0.326. The molecule has 178 valence electrons. The first-order chi connectivity index (χ1) is 15.7. The molecule has 1 aromatic carbocycles. The van der Waals surface area contributed by atoms with Gasteiger partial charge >= 0.3 is 0 Å². The number of aromatic hydroxyl groups is 1. The van der Waals surface area contributed by atoms with E-state index in [1.807, 2.05) is 0 Å². The fraction of sp³-hybridized carbons (Fsp3) is 0.500. The maximum absolute atomic E-state index is 13.5. The highest BCUT2D eigenvalue weighted by molar-refractivity contribution is 8.77. The van der Waals surface area contributed by atoms with Gasteiger partial charge in [0.15, 0.2) is 11.5 Å². The number of aliphatic hydroxyl groups is 3. The van der Waals surface area contributed by atoms with E-state index in [4.69, 9.17) is 14.3 Å². The number of hydrogen-bond donors (Lipinski definition) is 5. The van der Waals surface area contributed by atoms with Crippen molar-refractivity contribution >= 4 is 33.4 Å². The number of hydroxylamine groups is 2. The van der Waals surface area contributed by atoms with Gasteiger partial charge in [0, 0.05) is 12.0 Å². The maximum atomic E-state index is 13.5. The molecule has 1 aromatic rings. The van der Waals surface area contributed by atoms with Crippen LogP contribution < -0.4 is 14.8 Å². The van der Waals surface area contributed by atoms with Gasteiger partial charge in [0.25, 0.3) is 11.8 Å². The number of piperazine rings is 1. The van der Waals surface area contributed by atoms with E-state index in [1.54, 1.807) is 12.1 Å². The topological polar surface area (TPSA) is 158 Å². The van der Waals surface area contributed by atoms with Crippen LogP contribution in [-0.4, -0.2) is 86.3 Å². The van der Waals surface area contributed by atoms with Crippen LogP contribution in [0.15, 0.2) is 24.3 Å². The van der Waals surface area contributed by atoms with E-state index in [0.29, 0.717) is 11.3 Å². The molecule has 4 saturated heterocycles. The van der Waals surface area contributed by atoms with E-state index in [-0.39, 0.29) is 17.9 Å². The minimum Gasteiger partial charge on any atom is -0.504 e. The summed E-state index contributed by atoms with van der Waals surface area (Å²) in [5.74, 6) is -1.05. The number of hydrogen-bond acceptors (Lipinski definition) is 11. The molecule has 6 rings (SSSR count). The lowest BCUT2D eigenvalue weighted by atomic mass is 9.76. The summed E-state index contributed by atoms with van der Waals surface area (Å²) in [6.45, 7) is 0. The van der Waals surface area contributed by atoms with Crippen molar-refractivity contribution in [3.05, 3.63) is 29.8 Å². The fourth-order valence-corrected chi connectivity index (χ4v) is 8.21. The molecule has 13 heteroatoms. The minimum atomic E-state index is -2.01. The molecular formula is C20H22N2O9S2. The van der Waals surface area contributed by atoms with Crippen LogP contribution in [-0.2, 0) is 14.4 Å². The fourth-order valence-electron chi connectivity index (χ4n) is 4.69. The van der Waals surface area contributed by atoms with E-state index >= 15 is 0 Å². The number of methoxy groups -OCH3 is 2. The second-order valence-electron chi connectivity index (χ2n) is 8.22. The molecular weight excluding hydrogens is 476 g/mol. The average Bonchev–Trinajstić information content (AvgIpc) is 2.99. The Kier molecular flexibility index (Phi) is 5.27. The van der Waals surface area contributed by atoms with Gasteiger partial charge in [-0.25, -0.2) is 0 Å². The molecule has 2 amide bonds. The average molecular weight is 499 g/mol. The van der Waals surface area contributed by atoms with Crippen molar-refractivity contribution in [3.8, 4) is 17.2 Å². The van der Waals surface area contributed by atoms with Gasteiger partial charge < -0.3 is 35.2 Å². The van der Waals surface area contributed by atoms with Gasteiger partial charge in [-0.2, -0.15) is 5.06 Å². The number of ether oxygens (including phenoxy) is 2. The van der Waals surface area contributed by atoms with Crippen LogP contribution in [0.1, 0.15) is 17.2 Å². The molecule has 1 spiro atoms. The third-order valence-corrected chi connectivity index (χ3v) is 9.77. The second-order valence-corrected chi connectivity index (χ2v) is 10.8. The van der Waals surface area contributed by atoms with Crippen LogP contribution in [0, 0.1) is 0 Å². The number of amides is 2. The Hall–Kier alpha value is -2.16. The molecule has 11 nitrogen and oxygen atoms in total. The predicted octanol–water partition coefficient (Wildman–Crippen LogP) is -0.405. The van der Waals surface area contributed by atoms with Crippen LogP contribution in [0.25, 0.3) is 0 Å². The molecule has 1 unspecified atom stereocenters. The molecule has 4 fully saturated rings. The van der Waals surface area contributed by atoms with Gasteiger partial charge in [0.1, 0.15) is 30.0 Å². The minimum absolute atomic E-state index is 0.0861. The zero-order chi connectivity index (χ0) is 23.7. The van der Waals surface area contributed by atoms with Gasteiger partial charge in [0.2, 0.25) is 10.6 Å². The summed E-state index contributed by atoms with van der Waals surface area (Å²) in [6.07, 6.45) is -1.92. The molecule has 0 aromatic heterocycles. The van der Waals surface area contributed by atoms with Crippen molar-refractivity contribution in [1.82, 2.24) is 10.4 Å². The number of rotatable bonds is 3. The molecule has 0 saturated carbocycles. The molecule has 0 radical (unpaired) electrons. The molecule has 4 heterocycles. The van der Waals surface area contributed by atoms with E-state index in [2.05, 4.69) is 5.32 Å². The van der Waals surface area contributed by atoms with Crippen molar-refractivity contribution in [3.63, 3.8) is 0 Å². The smallest absolute Gasteiger partial charge is 0.272 e. The monoisotopic (exact) mass is 498 g/mol. The first-order valence-corrected chi connectivity index (χ1v) is 12.3. The van der Waals surface area contributed by atoms with Crippen LogP contribution in [0.3, 0.4) is 0 Å². The molecule has 5 aliphatic rings. The van der Waals surface area contributed by atoms with Gasteiger partial charge in [0.05, 0.1) is 19.5 Å². The van der Waals surface area contributed by atoms with Crippen LogP contribution >= 0.6 is 21.6 Å². The largest absolute Gasteiger partial charge is 0.504 e. The lowest BCUT2D eigenvalue weighted by Crippen LogP contribution is -2.77. The number of benzene rings is 1. The first kappa shape index (κ1) is 22.6. The second kappa shape index (κ2) is 7.68. The molecule has 7 atom stereocenters. The van der Waals surface area contributed by atoms with Crippen molar-refractivity contribution in [1.29, 1.82) is 0 Å². The highest BCUT2D eigenvalue weighted by atomic mass is 33.1. The van der Waals surface area contributed by atoms with E-state index in [1.165, 1.54) is 26.4 Å². The number of phenolic OH excluding ortho intramolecular Hbond substituents is 1.